The van der Waals surface area contributed by atoms with Crippen LogP contribution in [0.25, 0.3) is 11.0 Å². The Labute approximate surface area is 222 Å². The molecule has 3 heterocycles. The maximum absolute atomic E-state index is 14.0. The number of fused-ring (bicyclic) bond motifs is 3. The molecule has 3 aliphatic rings. The number of nitrogens with one attached hydrogen (secondary N) is 1. The second-order valence-corrected chi connectivity index (χ2v) is 11.7. The van der Waals surface area contributed by atoms with Gasteiger partial charge in [0, 0.05) is 36.7 Å². The quantitative estimate of drug-likeness (QED) is 0.439. The number of hydrogen-bond donors (Lipinski definition) is 1. The molecule has 202 valence electrons. The number of halogens is 2. The molecule has 38 heavy (non-hydrogen) atoms. The third-order valence-corrected chi connectivity index (χ3v) is 9.20. The van der Waals surface area contributed by atoms with Gasteiger partial charge in [-0.3, -0.25) is 4.90 Å². The van der Waals surface area contributed by atoms with E-state index in [2.05, 4.69) is 22.9 Å². The molecule has 6 rings (SSSR count). The minimum absolute atomic E-state index is 0.00314. The largest absolute Gasteiger partial charge is 0.452 e. The van der Waals surface area contributed by atoms with Crippen LogP contribution in [-0.2, 0) is 17.6 Å². The summed E-state index contributed by atoms with van der Waals surface area (Å²) in [5, 5.41) is 3.45. The number of nitrogens with zero attached hydrogens (tertiary/aromatic N) is 3. The maximum atomic E-state index is 14.0. The normalized spacial score (nSPS) is 21.8. The third kappa shape index (κ3) is 4.17. The van der Waals surface area contributed by atoms with Crippen molar-refractivity contribution in [2.45, 2.75) is 76.8 Å². The fourth-order valence-corrected chi connectivity index (χ4v) is 6.94. The Morgan fingerprint density at radius 3 is 2.58 bits per heavy atom. The molecule has 3 aromatic rings. The fourth-order valence-electron chi connectivity index (χ4n) is 6.94. The molecule has 0 unspecified atom stereocenters. The van der Waals surface area contributed by atoms with Crippen LogP contribution in [-0.4, -0.2) is 41.9 Å². The van der Waals surface area contributed by atoms with Crippen LogP contribution in [0.3, 0.4) is 0 Å². The molecule has 1 saturated carbocycles. The van der Waals surface area contributed by atoms with E-state index in [4.69, 9.17) is 9.72 Å². The average Bonchev–Trinajstić information content (AvgIpc) is 3.29. The van der Waals surface area contributed by atoms with Gasteiger partial charge in [-0.05, 0) is 87.1 Å². The van der Waals surface area contributed by atoms with Crippen LogP contribution in [0.2, 0.25) is 0 Å². The Morgan fingerprint density at radius 2 is 1.92 bits per heavy atom. The Balaban J connectivity index is 1.43. The van der Waals surface area contributed by atoms with Gasteiger partial charge in [0.25, 0.3) is 0 Å². The Morgan fingerprint density at radius 1 is 1.16 bits per heavy atom. The Bertz CT molecular complexity index is 1370. The first-order valence-electron chi connectivity index (χ1n) is 13.9. The second kappa shape index (κ2) is 9.63. The first-order chi connectivity index (χ1) is 18.3. The molecule has 2 aliphatic heterocycles. The minimum atomic E-state index is -0.828. The number of hydrogen-bond acceptors (Lipinski definition) is 4. The van der Waals surface area contributed by atoms with Gasteiger partial charge in [-0.15, -0.1) is 0 Å². The topological polar surface area (TPSA) is 59.4 Å². The molecule has 1 spiro atoms. The summed E-state index contributed by atoms with van der Waals surface area (Å²) < 4.78 is 35.1. The lowest BCUT2D eigenvalue weighted by atomic mass is 9.68. The zero-order chi connectivity index (χ0) is 26.6. The molecular formula is C30H36F2N4O2. The fraction of sp³-hybridized carbons (Fsp3) is 0.533. The highest BCUT2D eigenvalue weighted by atomic mass is 19.2. The molecule has 1 aromatic heterocycles. The molecule has 6 nitrogen and oxygen atoms in total. The van der Waals surface area contributed by atoms with Crippen LogP contribution in [0.1, 0.15) is 74.9 Å². The van der Waals surface area contributed by atoms with E-state index in [0.29, 0.717) is 17.9 Å². The summed E-state index contributed by atoms with van der Waals surface area (Å²) in [5.74, 6) is -0.662. The second-order valence-electron chi connectivity index (χ2n) is 11.7. The zero-order valence-corrected chi connectivity index (χ0v) is 22.4. The number of imidazole rings is 1. The summed E-state index contributed by atoms with van der Waals surface area (Å²) in [7, 11) is 1.42. The molecular weight excluding hydrogens is 486 g/mol. The number of ether oxygens (including phenoxy) is 1. The molecule has 1 amide bonds. The summed E-state index contributed by atoms with van der Waals surface area (Å²) in [5.41, 5.74) is 5.20. The summed E-state index contributed by atoms with van der Waals surface area (Å²) >= 11 is 0. The van der Waals surface area contributed by atoms with Gasteiger partial charge in [-0.1, -0.05) is 13.0 Å². The van der Waals surface area contributed by atoms with Gasteiger partial charge in [0.05, 0.1) is 23.8 Å². The number of carbonyl (C=O) groups excluding carboxylic acids is 1. The number of carbonyl (C=O) groups is 1. The van der Waals surface area contributed by atoms with Gasteiger partial charge in [-0.25, -0.2) is 18.6 Å². The van der Waals surface area contributed by atoms with E-state index < -0.39 is 11.6 Å². The van der Waals surface area contributed by atoms with E-state index in [-0.39, 0.29) is 18.1 Å². The molecule has 2 aromatic carbocycles. The van der Waals surface area contributed by atoms with Crippen molar-refractivity contribution in [3.05, 3.63) is 58.9 Å². The number of rotatable bonds is 4. The monoisotopic (exact) mass is 522 g/mol. The Hall–Kier alpha value is -3.00. The van der Waals surface area contributed by atoms with Crippen molar-refractivity contribution in [2.24, 2.45) is 5.41 Å². The Kier molecular flexibility index (Phi) is 6.41. The van der Waals surface area contributed by atoms with E-state index >= 15 is 0 Å². The summed E-state index contributed by atoms with van der Waals surface area (Å²) in [6.07, 6.45) is 6.48. The standard InChI is InChI=1S/C30H36F2N4O2/c1-18(14-20-5-7-23(31)24(32)15-20)28-34-27-22-6-4-19(2)35(29(37)38-3)25(22)8-9-26(27)36(28)21-10-12-30(13-11-21)16-33-17-30/h5,7-9,15,18-19,21,33H,4,6,10-14,16-17H2,1-3H3/t18-,19+/m1/s1. The predicted molar refractivity (Wildman–Crippen MR) is 144 cm³/mol. The van der Waals surface area contributed by atoms with Crippen LogP contribution >= 0.6 is 0 Å². The first-order valence-corrected chi connectivity index (χ1v) is 13.9. The van der Waals surface area contributed by atoms with Crippen molar-refractivity contribution in [2.75, 3.05) is 25.1 Å². The highest BCUT2D eigenvalue weighted by Crippen LogP contribution is 2.46. The van der Waals surface area contributed by atoms with Crippen molar-refractivity contribution >= 4 is 22.8 Å². The van der Waals surface area contributed by atoms with Crippen LogP contribution in [0.5, 0.6) is 0 Å². The molecule has 1 aliphatic carbocycles. The number of amides is 1. The molecule has 0 radical (unpaired) electrons. The van der Waals surface area contributed by atoms with Crippen LogP contribution in [0.15, 0.2) is 30.3 Å². The molecule has 1 N–H and O–H groups in total. The lowest BCUT2D eigenvalue weighted by Crippen LogP contribution is -2.54. The van der Waals surface area contributed by atoms with E-state index in [9.17, 15) is 13.6 Å². The van der Waals surface area contributed by atoms with Crippen molar-refractivity contribution in [1.29, 1.82) is 0 Å². The number of anilines is 1. The molecule has 0 bridgehead atoms. The number of aromatic nitrogens is 2. The number of aryl methyl sites for hydroxylation is 1. The maximum Gasteiger partial charge on any atom is 0.414 e. The highest BCUT2D eigenvalue weighted by Gasteiger charge is 2.41. The smallest absolute Gasteiger partial charge is 0.414 e. The molecule has 8 heteroatoms. The van der Waals surface area contributed by atoms with Gasteiger partial charge in [0.15, 0.2) is 11.6 Å². The molecule has 1 saturated heterocycles. The van der Waals surface area contributed by atoms with Crippen LogP contribution in [0.4, 0.5) is 19.3 Å². The average molecular weight is 523 g/mol. The SMILES string of the molecule is COC(=O)N1c2ccc3c(nc([C@H](C)Cc4ccc(F)c(F)c4)n3C3CCC4(CC3)CNC4)c2CC[C@@H]1C. The third-order valence-electron chi connectivity index (χ3n) is 9.20. The van der Waals surface area contributed by atoms with Gasteiger partial charge in [0.1, 0.15) is 5.82 Å². The summed E-state index contributed by atoms with van der Waals surface area (Å²) in [4.78, 5) is 19.7. The van der Waals surface area contributed by atoms with E-state index in [1.165, 1.54) is 32.1 Å². The van der Waals surface area contributed by atoms with E-state index in [0.717, 1.165) is 72.4 Å². The van der Waals surface area contributed by atoms with Gasteiger partial charge in [0.2, 0.25) is 0 Å². The zero-order valence-electron chi connectivity index (χ0n) is 22.4. The van der Waals surface area contributed by atoms with Crippen LogP contribution in [0, 0.1) is 17.0 Å². The van der Waals surface area contributed by atoms with E-state index in [1.54, 1.807) is 11.0 Å². The highest BCUT2D eigenvalue weighted by molar-refractivity contribution is 5.95. The van der Waals surface area contributed by atoms with E-state index in [1.807, 2.05) is 13.0 Å². The lowest BCUT2D eigenvalue weighted by molar-refractivity contribution is 0.0842. The van der Waals surface area contributed by atoms with Gasteiger partial charge in [-0.2, -0.15) is 0 Å². The summed E-state index contributed by atoms with van der Waals surface area (Å²) in [6, 6.07) is 8.70. The number of benzene rings is 2. The number of methoxy groups -OCH3 is 1. The summed E-state index contributed by atoms with van der Waals surface area (Å²) in [6.45, 7) is 6.39. The lowest BCUT2D eigenvalue weighted by Gasteiger charge is -2.48. The van der Waals surface area contributed by atoms with Gasteiger partial charge >= 0.3 is 6.09 Å². The predicted octanol–water partition coefficient (Wildman–Crippen LogP) is 6.27. The minimum Gasteiger partial charge on any atom is -0.452 e. The van der Waals surface area contributed by atoms with Crippen molar-refractivity contribution in [3.8, 4) is 0 Å². The van der Waals surface area contributed by atoms with Crippen molar-refractivity contribution < 1.29 is 18.3 Å². The van der Waals surface area contributed by atoms with Crippen molar-refractivity contribution in [1.82, 2.24) is 14.9 Å². The van der Waals surface area contributed by atoms with Crippen LogP contribution < -0.4 is 10.2 Å². The first kappa shape index (κ1) is 25.3. The van der Waals surface area contributed by atoms with Crippen molar-refractivity contribution in [3.63, 3.8) is 0 Å². The molecule has 2 atom stereocenters. The van der Waals surface area contributed by atoms with Gasteiger partial charge < -0.3 is 14.6 Å². The molecule has 2 fully saturated rings.